The minimum absolute atomic E-state index is 0.0145. The first-order valence-electron chi connectivity index (χ1n) is 15.4. The number of anilines is 1. The quantitative estimate of drug-likeness (QED) is 0.163. The molecule has 3 aromatic rings. The number of fused-ring (bicyclic) bond motifs is 1. The summed E-state index contributed by atoms with van der Waals surface area (Å²) in [6.07, 6.45) is 5.18. The van der Waals surface area contributed by atoms with Crippen LogP contribution in [0.4, 0.5) is 15.0 Å². The number of amides is 2. The summed E-state index contributed by atoms with van der Waals surface area (Å²) < 4.78 is 17.2. The van der Waals surface area contributed by atoms with Gasteiger partial charge in [0.15, 0.2) is 0 Å². The molecule has 3 atom stereocenters. The van der Waals surface area contributed by atoms with Gasteiger partial charge in [-0.3, -0.25) is 9.69 Å². The van der Waals surface area contributed by atoms with Crippen LogP contribution in [0.3, 0.4) is 0 Å². The molecule has 2 amide bonds. The standard InChI is InChI=1S/C21H20FN3O3.C13H25NO3/c1-25-10-9-16(13-5-3-2-4-6-13)19(25)20(26)23-15-7-8-17-14(11-15)12-18(24-17)21(27)28-22;1-5-11(10-15)8-6-7-9-14-12(16)17-13(2,3)4/h2-8,11-12,16,19,24H,9-10H2,1H3,(H,23,26);10-11H,5-9H2,1-4H3,(H,14,16). The number of ether oxygens (including phenoxy) is 1. The number of likely N-dealkylation sites (N-methyl/N-ethyl adjacent to an activating group) is 1. The highest BCUT2D eigenvalue weighted by Gasteiger charge is 2.38. The number of nitrogens with zero attached hydrogens (tertiary/aromatic N) is 1. The normalized spacial score (nSPS) is 17.1. The molecule has 244 valence electrons. The van der Waals surface area contributed by atoms with E-state index < -0.39 is 11.6 Å². The number of likely N-dealkylation sites (tertiary alicyclic amines) is 1. The number of aromatic nitrogens is 1. The third-order valence-electron chi connectivity index (χ3n) is 7.71. The first kappa shape index (κ1) is 35.2. The largest absolute Gasteiger partial charge is 0.444 e. The van der Waals surface area contributed by atoms with Gasteiger partial charge in [-0.25, -0.2) is 14.5 Å². The first-order chi connectivity index (χ1) is 21.4. The number of aromatic amines is 1. The summed E-state index contributed by atoms with van der Waals surface area (Å²) in [5, 5.41) is 6.35. The molecule has 45 heavy (non-hydrogen) atoms. The molecule has 4 rings (SSSR count). The van der Waals surface area contributed by atoms with Crippen LogP contribution in [0.5, 0.6) is 0 Å². The van der Waals surface area contributed by atoms with Crippen molar-refractivity contribution in [2.24, 2.45) is 5.92 Å². The zero-order chi connectivity index (χ0) is 33.0. The number of carbonyl (C=O) groups excluding carboxylic acids is 4. The van der Waals surface area contributed by atoms with Crippen LogP contribution in [0.2, 0.25) is 0 Å². The molecule has 0 spiro atoms. The van der Waals surface area contributed by atoms with E-state index in [0.717, 1.165) is 50.5 Å². The van der Waals surface area contributed by atoms with Crippen LogP contribution in [-0.4, -0.2) is 65.9 Å². The summed E-state index contributed by atoms with van der Waals surface area (Å²) in [5.74, 6) is -0.864. The predicted octanol–water partition coefficient (Wildman–Crippen LogP) is 6.54. The van der Waals surface area contributed by atoms with Crippen molar-refractivity contribution in [2.45, 2.75) is 77.4 Å². The van der Waals surface area contributed by atoms with Crippen LogP contribution < -0.4 is 10.6 Å². The highest BCUT2D eigenvalue weighted by atomic mass is 19.3. The van der Waals surface area contributed by atoms with E-state index in [2.05, 4.69) is 37.6 Å². The summed E-state index contributed by atoms with van der Waals surface area (Å²) in [5.41, 5.74) is 1.99. The van der Waals surface area contributed by atoms with E-state index in [1.807, 2.05) is 52.9 Å². The third-order valence-corrected chi connectivity index (χ3v) is 7.71. The molecule has 0 radical (unpaired) electrons. The van der Waals surface area contributed by atoms with E-state index in [1.165, 1.54) is 6.07 Å². The number of aldehydes is 1. The number of hydrogen-bond acceptors (Lipinski definition) is 7. The minimum atomic E-state index is -1.08. The Morgan fingerprint density at radius 2 is 1.84 bits per heavy atom. The Kier molecular flexibility index (Phi) is 13.1. The molecule has 10 nitrogen and oxygen atoms in total. The van der Waals surface area contributed by atoms with Crippen molar-refractivity contribution in [1.82, 2.24) is 15.2 Å². The van der Waals surface area contributed by atoms with Gasteiger partial charge in [0.2, 0.25) is 5.91 Å². The fourth-order valence-electron chi connectivity index (χ4n) is 5.36. The molecule has 2 heterocycles. The topological polar surface area (TPSA) is 130 Å². The average molecular weight is 625 g/mol. The van der Waals surface area contributed by atoms with Gasteiger partial charge in [0.05, 0.1) is 6.04 Å². The molecule has 1 aromatic heterocycles. The van der Waals surface area contributed by atoms with Crippen molar-refractivity contribution in [3.63, 3.8) is 0 Å². The van der Waals surface area contributed by atoms with Crippen molar-refractivity contribution in [3.8, 4) is 0 Å². The van der Waals surface area contributed by atoms with Gasteiger partial charge in [0, 0.05) is 39.5 Å². The summed E-state index contributed by atoms with van der Waals surface area (Å²) in [6.45, 7) is 8.97. The van der Waals surface area contributed by atoms with Crippen LogP contribution in [0.15, 0.2) is 54.6 Å². The van der Waals surface area contributed by atoms with Crippen molar-refractivity contribution >= 4 is 40.8 Å². The molecule has 1 aliphatic heterocycles. The van der Waals surface area contributed by atoms with Crippen LogP contribution in [0.1, 0.15) is 81.8 Å². The van der Waals surface area contributed by atoms with Crippen LogP contribution in [0, 0.1) is 5.92 Å². The van der Waals surface area contributed by atoms with E-state index in [1.54, 1.807) is 18.2 Å². The molecule has 1 aliphatic rings. The maximum atomic E-state index is 13.0. The second-order valence-corrected chi connectivity index (χ2v) is 12.3. The van der Waals surface area contributed by atoms with Gasteiger partial charge in [-0.2, -0.15) is 0 Å². The second kappa shape index (κ2) is 16.7. The molecule has 2 aromatic carbocycles. The Balaban J connectivity index is 0.000000281. The molecule has 11 heteroatoms. The zero-order valence-electron chi connectivity index (χ0n) is 26.7. The van der Waals surface area contributed by atoms with E-state index in [-0.39, 0.29) is 35.6 Å². The fourth-order valence-corrected chi connectivity index (χ4v) is 5.36. The maximum absolute atomic E-state index is 13.0. The highest BCUT2D eigenvalue weighted by Crippen LogP contribution is 2.33. The van der Waals surface area contributed by atoms with Gasteiger partial charge in [-0.1, -0.05) is 43.7 Å². The van der Waals surface area contributed by atoms with Crippen LogP contribution >= 0.6 is 0 Å². The second-order valence-electron chi connectivity index (χ2n) is 12.3. The first-order valence-corrected chi connectivity index (χ1v) is 15.4. The molecular formula is C34H45FN4O6. The average Bonchev–Trinajstić information content (AvgIpc) is 3.61. The Hall–Kier alpha value is -4.25. The zero-order valence-corrected chi connectivity index (χ0v) is 26.7. The van der Waals surface area contributed by atoms with Gasteiger partial charge in [-0.15, -0.1) is 0 Å². The number of benzene rings is 2. The molecule has 3 unspecified atom stereocenters. The molecular weight excluding hydrogens is 579 g/mol. The van der Waals surface area contributed by atoms with Crippen molar-refractivity contribution < 1.29 is 33.4 Å². The SMILES string of the molecule is CCC(C=O)CCCCNC(=O)OC(C)(C)C.CN1CCC(c2ccccc2)C1C(=O)Nc1ccc2[nH]c(C(=O)OF)cc2c1. The highest BCUT2D eigenvalue weighted by molar-refractivity contribution is 5.99. The number of rotatable bonds is 11. The van der Waals surface area contributed by atoms with Crippen molar-refractivity contribution in [1.29, 1.82) is 0 Å². The van der Waals surface area contributed by atoms with E-state index in [0.29, 0.717) is 23.1 Å². The molecule has 3 N–H and O–H groups in total. The smallest absolute Gasteiger partial charge is 0.407 e. The number of hydrogen-bond donors (Lipinski definition) is 3. The lowest BCUT2D eigenvalue weighted by Gasteiger charge is -2.24. The number of alkyl carbamates (subject to hydrolysis) is 1. The molecule has 0 saturated carbocycles. The van der Waals surface area contributed by atoms with Crippen LogP contribution in [-0.2, 0) is 19.3 Å². The summed E-state index contributed by atoms with van der Waals surface area (Å²) in [4.78, 5) is 54.3. The van der Waals surface area contributed by atoms with E-state index >= 15 is 0 Å². The number of H-pyrrole nitrogens is 1. The fraction of sp³-hybridized carbons (Fsp3) is 0.471. The van der Waals surface area contributed by atoms with E-state index in [4.69, 9.17) is 4.74 Å². The third kappa shape index (κ3) is 10.7. The molecule has 1 saturated heterocycles. The molecule has 0 aliphatic carbocycles. The monoisotopic (exact) mass is 624 g/mol. The molecule has 0 bridgehead atoms. The Bertz CT molecular complexity index is 1420. The van der Waals surface area contributed by atoms with Crippen molar-refractivity contribution in [2.75, 3.05) is 25.5 Å². The van der Waals surface area contributed by atoms with Crippen molar-refractivity contribution in [3.05, 3.63) is 65.9 Å². The maximum Gasteiger partial charge on any atom is 0.407 e. The van der Waals surface area contributed by atoms with E-state index in [9.17, 15) is 23.7 Å². The summed E-state index contributed by atoms with van der Waals surface area (Å²) in [7, 11) is 1.96. The minimum Gasteiger partial charge on any atom is -0.444 e. The Labute approximate surface area is 263 Å². The van der Waals surface area contributed by atoms with Crippen LogP contribution in [0.25, 0.3) is 10.9 Å². The van der Waals surface area contributed by atoms with Gasteiger partial charge in [0.1, 0.15) is 17.6 Å². The molecule has 1 fully saturated rings. The predicted molar refractivity (Wildman–Crippen MR) is 172 cm³/mol. The van der Waals surface area contributed by atoms with Gasteiger partial charge < -0.3 is 25.1 Å². The number of nitrogens with one attached hydrogen (secondary N) is 3. The van der Waals surface area contributed by atoms with Gasteiger partial charge >= 0.3 is 12.1 Å². The summed E-state index contributed by atoms with van der Waals surface area (Å²) in [6, 6.07) is 16.5. The van der Waals surface area contributed by atoms with Gasteiger partial charge in [0.25, 0.3) is 0 Å². The number of halogens is 1. The lowest BCUT2D eigenvalue weighted by molar-refractivity contribution is -0.120. The number of carbonyl (C=O) groups is 4. The lowest BCUT2D eigenvalue weighted by atomic mass is 9.91. The Morgan fingerprint density at radius 1 is 1.11 bits per heavy atom. The Morgan fingerprint density at radius 3 is 2.49 bits per heavy atom. The lowest BCUT2D eigenvalue weighted by Crippen LogP contribution is -2.40. The van der Waals surface area contributed by atoms with Gasteiger partial charge in [-0.05, 0) is 89.9 Å². The summed E-state index contributed by atoms with van der Waals surface area (Å²) >= 11 is 0. The number of unbranched alkanes of at least 4 members (excludes halogenated alkanes) is 1.